The number of piperidine rings is 1. The van der Waals surface area contributed by atoms with Gasteiger partial charge in [0, 0.05) is 30.7 Å². The molecule has 1 aliphatic rings. The average Bonchev–Trinajstić information content (AvgIpc) is 2.46. The van der Waals surface area contributed by atoms with Crippen LogP contribution < -0.4 is 0 Å². The Labute approximate surface area is 132 Å². The van der Waals surface area contributed by atoms with Gasteiger partial charge in [0.2, 0.25) is 10.0 Å². The Hall–Kier alpha value is -1.12. The normalized spacial score (nSPS) is 19.8. The molecule has 1 aromatic carbocycles. The number of nitrogens with zero attached hydrogens (tertiary/aromatic N) is 2. The smallest absolute Gasteiger partial charge is 0.407 e. The third-order valence-corrected chi connectivity index (χ3v) is 6.60. The third kappa shape index (κ3) is 3.38. The fourth-order valence-corrected chi connectivity index (χ4v) is 4.77. The Balaban J connectivity index is 2.24. The van der Waals surface area contributed by atoms with Gasteiger partial charge >= 0.3 is 6.09 Å². The van der Waals surface area contributed by atoms with Crippen molar-refractivity contribution in [3.63, 3.8) is 0 Å². The molecule has 6 nitrogen and oxygen atoms in total. The van der Waals surface area contributed by atoms with E-state index in [4.69, 9.17) is 5.11 Å². The van der Waals surface area contributed by atoms with Crippen LogP contribution in [0.5, 0.6) is 0 Å². The highest BCUT2D eigenvalue weighted by atomic mass is 79.9. The summed E-state index contributed by atoms with van der Waals surface area (Å²) in [4.78, 5) is 12.5. The number of benzene rings is 1. The first-order valence-electron chi connectivity index (χ1n) is 6.54. The van der Waals surface area contributed by atoms with Crippen LogP contribution in [-0.2, 0) is 10.0 Å². The van der Waals surface area contributed by atoms with Crippen molar-refractivity contribution < 1.29 is 18.3 Å². The zero-order valence-corrected chi connectivity index (χ0v) is 14.0. The van der Waals surface area contributed by atoms with Crippen LogP contribution in [0.3, 0.4) is 0 Å². The first-order valence-corrected chi connectivity index (χ1v) is 8.78. The maximum atomic E-state index is 12.7. The maximum absolute atomic E-state index is 12.7. The molecule has 2 rings (SSSR count). The van der Waals surface area contributed by atoms with Crippen LogP contribution in [0.25, 0.3) is 0 Å². The molecule has 1 aromatic rings. The molecule has 0 aliphatic carbocycles. The summed E-state index contributed by atoms with van der Waals surface area (Å²) < 4.78 is 27.1. The topological polar surface area (TPSA) is 77.9 Å². The van der Waals surface area contributed by atoms with Gasteiger partial charge in [-0.25, -0.2) is 13.2 Å². The number of carbonyl (C=O) groups is 1. The molecule has 1 unspecified atom stereocenters. The third-order valence-electron chi connectivity index (χ3n) is 3.67. The molecule has 1 heterocycles. The van der Waals surface area contributed by atoms with Gasteiger partial charge in [0.25, 0.3) is 0 Å². The lowest BCUT2D eigenvalue weighted by Crippen LogP contribution is -2.49. The number of hydrogen-bond acceptors (Lipinski definition) is 3. The lowest BCUT2D eigenvalue weighted by molar-refractivity contribution is 0.116. The largest absolute Gasteiger partial charge is 0.465 e. The van der Waals surface area contributed by atoms with Crippen LogP contribution in [0.15, 0.2) is 33.6 Å². The van der Waals surface area contributed by atoms with Crippen molar-refractivity contribution in [2.45, 2.75) is 23.8 Å². The van der Waals surface area contributed by atoms with E-state index in [2.05, 4.69) is 15.9 Å². The molecule has 8 heteroatoms. The predicted octanol–water partition coefficient (Wildman–Crippen LogP) is 2.21. The van der Waals surface area contributed by atoms with Gasteiger partial charge < -0.3 is 10.0 Å². The van der Waals surface area contributed by atoms with Gasteiger partial charge in [0.05, 0.1) is 4.90 Å². The van der Waals surface area contributed by atoms with E-state index >= 15 is 0 Å². The number of carboxylic acid groups (broad SMARTS) is 1. The highest BCUT2D eigenvalue weighted by Gasteiger charge is 2.33. The number of amides is 1. The Morgan fingerprint density at radius 3 is 2.71 bits per heavy atom. The molecular weight excluding hydrogens is 360 g/mol. The van der Waals surface area contributed by atoms with Crippen LogP contribution in [0, 0.1) is 0 Å². The summed E-state index contributed by atoms with van der Waals surface area (Å²) in [6.07, 6.45) is 0.308. The number of sulfonamides is 1. The summed E-state index contributed by atoms with van der Waals surface area (Å²) in [5, 5.41) is 9.05. The summed E-state index contributed by atoms with van der Waals surface area (Å²) in [5.74, 6) is 0. The Morgan fingerprint density at radius 1 is 1.43 bits per heavy atom. The van der Waals surface area contributed by atoms with E-state index in [1.165, 1.54) is 22.3 Å². The molecule has 1 aliphatic heterocycles. The van der Waals surface area contributed by atoms with Crippen molar-refractivity contribution >= 4 is 32.0 Å². The average molecular weight is 377 g/mol. The molecule has 1 amide bonds. The zero-order chi connectivity index (χ0) is 15.6. The molecule has 1 atom stereocenters. The lowest BCUT2D eigenvalue weighted by atomic mass is 10.1. The number of likely N-dealkylation sites (N-methyl/N-ethyl adjacent to an activating group) is 1. The maximum Gasteiger partial charge on any atom is 0.407 e. The summed E-state index contributed by atoms with van der Waals surface area (Å²) in [6.45, 7) is 0.657. The Bertz CT molecular complexity index is 635. The van der Waals surface area contributed by atoms with Crippen LogP contribution in [-0.4, -0.2) is 55.0 Å². The van der Waals surface area contributed by atoms with Gasteiger partial charge in [-0.1, -0.05) is 12.1 Å². The van der Waals surface area contributed by atoms with Gasteiger partial charge in [0.15, 0.2) is 0 Å². The SMILES string of the molecule is CN(C1CCCN(C(=O)O)C1)S(=O)(=O)c1ccccc1Br. The second-order valence-corrected chi connectivity index (χ2v) is 7.80. The second kappa shape index (κ2) is 6.33. The highest BCUT2D eigenvalue weighted by Crippen LogP contribution is 2.27. The highest BCUT2D eigenvalue weighted by molar-refractivity contribution is 9.10. The fourth-order valence-electron chi connectivity index (χ4n) is 2.43. The van der Waals surface area contributed by atoms with Crippen molar-refractivity contribution in [3.8, 4) is 0 Å². The van der Waals surface area contributed by atoms with Gasteiger partial charge in [-0.3, -0.25) is 0 Å². The van der Waals surface area contributed by atoms with Crippen LogP contribution in [0.4, 0.5) is 4.79 Å². The van der Waals surface area contributed by atoms with Crippen molar-refractivity contribution in [1.82, 2.24) is 9.21 Å². The van der Waals surface area contributed by atoms with E-state index in [1.54, 1.807) is 18.2 Å². The molecule has 1 saturated heterocycles. The number of halogens is 1. The lowest BCUT2D eigenvalue weighted by Gasteiger charge is -2.35. The van der Waals surface area contributed by atoms with Crippen LogP contribution >= 0.6 is 15.9 Å². The molecule has 21 heavy (non-hydrogen) atoms. The Kier molecular flexibility index (Phi) is 4.90. The molecule has 0 bridgehead atoms. The van der Waals surface area contributed by atoms with Gasteiger partial charge in [0.1, 0.15) is 0 Å². The van der Waals surface area contributed by atoms with Gasteiger partial charge in [-0.05, 0) is 40.9 Å². The fraction of sp³-hybridized carbons (Fsp3) is 0.462. The van der Waals surface area contributed by atoms with Crippen molar-refractivity contribution in [2.24, 2.45) is 0 Å². The molecule has 0 aromatic heterocycles. The summed E-state index contributed by atoms with van der Waals surface area (Å²) in [6, 6.07) is 6.27. The van der Waals surface area contributed by atoms with Gasteiger partial charge in [-0.2, -0.15) is 4.31 Å². The van der Waals surface area contributed by atoms with Crippen LogP contribution in [0.2, 0.25) is 0 Å². The van der Waals surface area contributed by atoms with Gasteiger partial charge in [-0.15, -0.1) is 0 Å². The molecule has 0 radical (unpaired) electrons. The minimum absolute atomic E-state index is 0.194. The van der Waals surface area contributed by atoms with E-state index in [-0.39, 0.29) is 17.5 Å². The molecule has 116 valence electrons. The number of hydrogen-bond donors (Lipinski definition) is 1. The number of likely N-dealkylation sites (tertiary alicyclic amines) is 1. The second-order valence-electron chi connectivity index (χ2n) is 4.98. The van der Waals surface area contributed by atoms with Crippen LogP contribution in [0.1, 0.15) is 12.8 Å². The zero-order valence-electron chi connectivity index (χ0n) is 11.6. The minimum Gasteiger partial charge on any atom is -0.465 e. The molecule has 1 fully saturated rings. The standard InChI is InChI=1S/C13H17BrN2O4S/c1-15(10-5-4-8-16(9-10)13(17)18)21(19,20)12-7-3-2-6-11(12)14/h2-3,6-7,10H,4-5,8-9H2,1H3,(H,17,18). The molecule has 1 N–H and O–H groups in total. The summed E-state index contributed by atoms with van der Waals surface area (Å²) in [7, 11) is -2.15. The Morgan fingerprint density at radius 2 is 2.10 bits per heavy atom. The van der Waals surface area contributed by atoms with Crippen molar-refractivity contribution in [1.29, 1.82) is 0 Å². The minimum atomic E-state index is -3.65. The number of rotatable bonds is 3. The first-order chi connectivity index (χ1) is 9.84. The van der Waals surface area contributed by atoms with Crippen molar-refractivity contribution in [3.05, 3.63) is 28.7 Å². The quantitative estimate of drug-likeness (QED) is 0.876. The van der Waals surface area contributed by atoms with E-state index in [9.17, 15) is 13.2 Å². The summed E-state index contributed by atoms with van der Waals surface area (Å²) in [5.41, 5.74) is 0. The predicted molar refractivity (Wildman–Crippen MR) is 81.7 cm³/mol. The van der Waals surface area contributed by atoms with Crippen molar-refractivity contribution in [2.75, 3.05) is 20.1 Å². The van der Waals surface area contributed by atoms with E-state index in [0.29, 0.717) is 23.9 Å². The summed E-state index contributed by atoms with van der Waals surface area (Å²) >= 11 is 3.25. The van der Waals surface area contributed by atoms with E-state index < -0.39 is 16.1 Å². The van der Waals surface area contributed by atoms with E-state index in [1.807, 2.05) is 0 Å². The monoisotopic (exact) mass is 376 g/mol. The molecular formula is C13H17BrN2O4S. The molecule has 0 saturated carbocycles. The van der Waals surface area contributed by atoms with E-state index in [0.717, 1.165) is 0 Å². The first kappa shape index (κ1) is 16.3. The molecule has 0 spiro atoms.